The van der Waals surface area contributed by atoms with Gasteiger partial charge in [0.05, 0.1) is 18.4 Å². The standard InChI is InChI=1S/C24H36N2O3/c1-5-29-22(28)26-25-15(2)19-8-9-20-18-7-6-16-14-17(27)10-12-23(16,3)21(18)11-13-24(19,20)4/h6,8,17-18,20-21,27H,5,7,9-14H2,1-4H3,(H,26,28)/b25-15+/t17-,18+,20-,21-,23-,24+/m0/s1. The molecule has 0 bridgehead atoms. The van der Waals surface area contributed by atoms with Crippen molar-refractivity contribution < 1.29 is 14.6 Å². The van der Waals surface area contributed by atoms with Crippen molar-refractivity contribution in [3.63, 3.8) is 0 Å². The summed E-state index contributed by atoms with van der Waals surface area (Å²) in [6, 6.07) is 0. The number of aliphatic hydroxyl groups is 1. The van der Waals surface area contributed by atoms with E-state index in [1.54, 1.807) is 6.92 Å². The Kier molecular flexibility index (Phi) is 5.39. The number of amides is 1. The van der Waals surface area contributed by atoms with Gasteiger partial charge in [-0.05, 0) is 93.0 Å². The summed E-state index contributed by atoms with van der Waals surface area (Å²) in [4.78, 5) is 11.6. The highest BCUT2D eigenvalue weighted by Gasteiger charge is 2.56. The lowest BCUT2D eigenvalue weighted by molar-refractivity contribution is -0.0279. The van der Waals surface area contributed by atoms with E-state index in [0.29, 0.717) is 18.4 Å². The quantitative estimate of drug-likeness (QED) is 0.399. The average molecular weight is 401 g/mol. The Morgan fingerprint density at radius 3 is 2.72 bits per heavy atom. The van der Waals surface area contributed by atoms with Crippen molar-refractivity contribution in [3.05, 3.63) is 23.3 Å². The lowest BCUT2D eigenvalue weighted by Crippen LogP contribution is -2.50. The van der Waals surface area contributed by atoms with E-state index in [4.69, 9.17) is 4.74 Å². The number of fused-ring (bicyclic) bond motifs is 5. The summed E-state index contributed by atoms with van der Waals surface area (Å²) in [6.45, 7) is 9.00. The molecule has 4 rings (SSSR count). The number of ether oxygens (including phenoxy) is 1. The average Bonchev–Trinajstić information content (AvgIpc) is 3.04. The van der Waals surface area contributed by atoms with Gasteiger partial charge >= 0.3 is 6.09 Å². The first kappa shape index (κ1) is 20.6. The summed E-state index contributed by atoms with van der Waals surface area (Å²) in [5.74, 6) is 2.04. The van der Waals surface area contributed by atoms with Crippen LogP contribution in [0, 0.1) is 28.6 Å². The number of hydrogen-bond donors (Lipinski definition) is 2. The second-order valence-electron chi connectivity index (χ2n) is 10.00. The largest absolute Gasteiger partial charge is 0.449 e. The normalized spacial score (nSPS) is 41.5. The van der Waals surface area contributed by atoms with Gasteiger partial charge < -0.3 is 9.84 Å². The highest BCUT2D eigenvalue weighted by atomic mass is 16.5. The van der Waals surface area contributed by atoms with Crippen LogP contribution in [0.15, 0.2) is 28.4 Å². The first-order chi connectivity index (χ1) is 13.8. The molecule has 4 aliphatic rings. The zero-order chi connectivity index (χ0) is 20.8. The van der Waals surface area contributed by atoms with Crippen molar-refractivity contribution >= 4 is 11.8 Å². The highest BCUT2D eigenvalue weighted by Crippen LogP contribution is 2.65. The maximum absolute atomic E-state index is 11.6. The van der Waals surface area contributed by atoms with Crippen LogP contribution in [-0.4, -0.2) is 29.6 Å². The first-order valence-electron chi connectivity index (χ1n) is 11.3. The molecule has 0 saturated heterocycles. The van der Waals surface area contributed by atoms with Crippen LogP contribution in [0.5, 0.6) is 0 Å². The molecule has 6 atom stereocenters. The van der Waals surface area contributed by atoms with Gasteiger partial charge in [0.15, 0.2) is 0 Å². The van der Waals surface area contributed by atoms with Crippen LogP contribution in [0.3, 0.4) is 0 Å². The number of carbonyl (C=O) groups is 1. The molecule has 0 aliphatic heterocycles. The van der Waals surface area contributed by atoms with E-state index in [1.807, 2.05) is 6.92 Å². The summed E-state index contributed by atoms with van der Waals surface area (Å²) in [7, 11) is 0. The number of rotatable bonds is 3. The zero-order valence-corrected chi connectivity index (χ0v) is 18.3. The summed E-state index contributed by atoms with van der Waals surface area (Å²) in [5, 5.41) is 14.5. The van der Waals surface area contributed by atoms with Crippen molar-refractivity contribution in [2.45, 2.75) is 78.7 Å². The van der Waals surface area contributed by atoms with Gasteiger partial charge in [-0.15, -0.1) is 0 Å². The molecular weight excluding hydrogens is 364 g/mol. The van der Waals surface area contributed by atoms with Crippen LogP contribution in [0.2, 0.25) is 0 Å². The molecule has 29 heavy (non-hydrogen) atoms. The minimum Gasteiger partial charge on any atom is -0.449 e. The predicted molar refractivity (Wildman–Crippen MR) is 114 cm³/mol. The van der Waals surface area contributed by atoms with Crippen LogP contribution in [0.25, 0.3) is 0 Å². The van der Waals surface area contributed by atoms with E-state index in [-0.39, 0.29) is 16.9 Å². The van der Waals surface area contributed by atoms with Crippen molar-refractivity contribution in [3.8, 4) is 0 Å². The Morgan fingerprint density at radius 2 is 1.97 bits per heavy atom. The van der Waals surface area contributed by atoms with E-state index in [2.05, 4.69) is 36.5 Å². The van der Waals surface area contributed by atoms with E-state index >= 15 is 0 Å². The third-order valence-electron chi connectivity index (χ3n) is 8.64. The number of nitrogens with one attached hydrogen (secondary N) is 1. The van der Waals surface area contributed by atoms with Crippen molar-refractivity contribution in [2.24, 2.45) is 33.7 Å². The Bertz CT molecular complexity index is 770. The molecule has 0 aromatic rings. The number of nitrogens with zero attached hydrogens (tertiary/aromatic N) is 1. The number of hydrogen-bond acceptors (Lipinski definition) is 4. The monoisotopic (exact) mass is 400 g/mol. The molecule has 5 nitrogen and oxygen atoms in total. The number of allylic oxidation sites excluding steroid dienone is 3. The van der Waals surface area contributed by atoms with Crippen molar-refractivity contribution in [2.75, 3.05) is 6.61 Å². The molecule has 0 unspecified atom stereocenters. The smallest absolute Gasteiger partial charge is 0.427 e. The molecule has 0 spiro atoms. The summed E-state index contributed by atoms with van der Waals surface area (Å²) in [5.41, 5.74) is 6.64. The van der Waals surface area contributed by atoms with Crippen LogP contribution in [-0.2, 0) is 4.74 Å². The minimum atomic E-state index is -0.492. The zero-order valence-electron chi connectivity index (χ0n) is 18.3. The number of aliphatic hydroxyl groups excluding tert-OH is 1. The van der Waals surface area contributed by atoms with Gasteiger partial charge in [0, 0.05) is 0 Å². The Morgan fingerprint density at radius 1 is 1.21 bits per heavy atom. The van der Waals surface area contributed by atoms with Gasteiger partial charge in [-0.1, -0.05) is 31.6 Å². The molecule has 4 aliphatic carbocycles. The minimum absolute atomic E-state index is 0.126. The molecule has 0 aromatic heterocycles. The van der Waals surface area contributed by atoms with E-state index in [1.165, 1.54) is 24.0 Å². The Balaban J connectivity index is 1.54. The van der Waals surface area contributed by atoms with Gasteiger partial charge in [0.2, 0.25) is 0 Å². The third kappa shape index (κ3) is 3.35. The molecule has 2 N–H and O–H groups in total. The van der Waals surface area contributed by atoms with Crippen molar-refractivity contribution in [1.29, 1.82) is 0 Å². The molecule has 2 saturated carbocycles. The first-order valence-corrected chi connectivity index (χ1v) is 11.3. The Labute approximate surface area is 174 Å². The molecule has 0 aromatic carbocycles. The van der Waals surface area contributed by atoms with Crippen LogP contribution in [0.1, 0.15) is 72.6 Å². The fraction of sp³-hybridized carbons (Fsp3) is 0.750. The molecule has 1 amide bonds. The topological polar surface area (TPSA) is 70.9 Å². The fourth-order valence-electron chi connectivity index (χ4n) is 7.12. The maximum atomic E-state index is 11.6. The SMILES string of the molecule is CCOC(=O)N/N=C(\C)C1=CC[C@H]2[C@H]3CC=C4C[C@@H](O)CC[C@]4(C)[C@H]3CC[C@]12C. The molecule has 5 heteroatoms. The van der Waals surface area contributed by atoms with E-state index in [0.717, 1.165) is 43.7 Å². The van der Waals surface area contributed by atoms with Crippen LogP contribution >= 0.6 is 0 Å². The van der Waals surface area contributed by atoms with E-state index < -0.39 is 6.09 Å². The van der Waals surface area contributed by atoms with Crippen LogP contribution in [0.4, 0.5) is 4.79 Å². The summed E-state index contributed by atoms with van der Waals surface area (Å²) >= 11 is 0. The molecule has 0 radical (unpaired) electrons. The molecule has 0 heterocycles. The number of carbonyl (C=O) groups excluding carboxylic acids is 1. The predicted octanol–water partition coefficient (Wildman–Crippen LogP) is 4.97. The maximum Gasteiger partial charge on any atom is 0.427 e. The van der Waals surface area contributed by atoms with Crippen molar-refractivity contribution in [1.82, 2.24) is 5.43 Å². The third-order valence-corrected chi connectivity index (χ3v) is 8.64. The van der Waals surface area contributed by atoms with Crippen LogP contribution < -0.4 is 5.43 Å². The van der Waals surface area contributed by atoms with Gasteiger partial charge in [-0.3, -0.25) is 0 Å². The second-order valence-corrected chi connectivity index (χ2v) is 10.00. The lowest BCUT2D eigenvalue weighted by atomic mass is 9.47. The van der Waals surface area contributed by atoms with Gasteiger partial charge in [-0.25, -0.2) is 10.2 Å². The summed E-state index contributed by atoms with van der Waals surface area (Å²) < 4.78 is 4.93. The lowest BCUT2D eigenvalue weighted by Gasteiger charge is -2.57. The second kappa shape index (κ2) is 7.57. The van der Waals surface area contributed by atoms with Gasteiger partial charge in [0.1, 0.15) is 0 Å². The molecular formula is C24H36N2O3. The molecule has 2 fully saturated rings. The fourth-order valence-corrected chi connectivity index (χ4v) is 7.12. The highest BCUT2D eigenvalue weighted by molar-refractivity contribution is 6.00. The van der Waals surface area contributed by atoms with Gasteiger partial charge in [-0.2, -0.15) is 5.10 Å². The Hall–Kier alpha value is -1.62. The van der Waals surface area contributed by atoms with Gasteiger partial charge in [0.25, 0.3) is 0 Å². The summed E-state index contributed by atoms with van der Waals surface area (Å²) in [6.07, 6.45) is 11.8. The number of hydrazone groups is 1. The van der Waals surface area contributed by atoms with E-state index in [9.17, 15) is 9.90 Å². The molecule has 160 valence electrons.